The van der Waals surface area contributed by atoms with Gasteiger partial charge in [-0.3, -0.25) is 4.79 Å². The van der Waals surface area contributed by atoms with E-state index in [9.17, 15) is 13.2 Å². The summed E-state index contributed by atoms with van der Waals surface area (Å²) >= 11 is 0. The fourth-order valence-electron chi connectivity index (χ4n) is 3.39. The Morgan fingerprint density at radius 2 is 1.96 bits per heavy atom. The van der Waals surface area contributed by atoms with Crippen molar-refractivity contribution < 1.29 is 13.2 Å². The lowest BCUT2D eigenvalue weighted by molar-refractivity contribution is 0.0726. The number of H-pyrrole nitrogens is 1. The lowest BCUT2D eigenvalue weighted by Gasteiger charge is -2.32. The molecule has 0 saturated carbocycles. The van der Waals surface area contributed by atoms with Crippen LogP contribution in [0.1, 0.15) is 37.0 Å². The van der Waals surface area contributed by atoms with Crippen molar-refractivity contribution >= 4 is 26.6 Å². The highest BCUT2D eigenvalue weighted by molar-refractivity contribution is 7.92. The van der Waals surface area contributed by atoms with E-state index in [4.69, 9.17) is 0 Å². The number of nitrogens with zero attached hydrogens (tertiary/aromatic N) is 1. The average molecular weight is 348 g/mol. The molecule has 1 aliphatic rings. The van der Waals surface area contributed by atoms with Crippen LogP contribution in [0.3, 0.4) is 0 Å². The molecule has 0 unspecified atom stereocenters. The average Bonchev–Trinajstić information content (AvgIpc) is 3.00. The van der Waals surface area contributed by atoms with E-state index >= 15 is 0 Å². The van der Waals surface area contributed by atoms with Gasteiger partial charge in [-0.25, -0.2) is 8.42 Å². The minimum Gasteiger partial charge on any atom is -0.361 e. The Balaban J connectivity index is 1.66. The van der Waals surface area contributed by atoms with Crippen LogP contribution in [-0.4, -0.2) is 48.3 Å². The molecule has 1 fully saturated rings. The maximum atomic E-state index is 12.7. The van der Waals surface area contributed by atoms with Crippen LogP contribution in [0.25, 0.3) is 10.9 Å². The second-order valence-corrected chi connectivity index (χ2v) is 9.32. The number of carbonyl (C=O) groups is 1. The highest BCUT2D eigenvalue weighted by Crippen LogP contribution is 2.22. The number of piperidine rings is 1. The molecule has 0 aliphatic carbocycles. The molecule has 1 N–H and O–H groups in total. The highest BCUT2D eigenvalue weighted by Gasteiger charge is 2.32. The van der Waals surface area contributed by atoms with E-state index in [-0.39, 0.29) is 22.8 Å². The monoisotopic (exact) mass is 348 g/mol. The Labute approximate surface area is 143 Å². The van der Waals surface area contributed by atoms with E-state index in [0.29, 0.717) is 31.5 Å². The lowest BCUT2D eigenvalue weighted by Crippen LogP contribution is -2.43. The fourth-order valence-corrected chi connectivity index (χ4v) is 5.52. The van der Waals surface area contributed by atoms with Crippen molar-refractivity contribution in [3.63, 3.8) is 0 Å². The molecule has 0 spiro atoms. The number of aromatic amines is 1. The maximum absolute atomic E-state index is 12.7. The minimum atomic E-state index is -3.06. The zero-order valence-corrected chi connectivity index (χ0v) is 15.0. The Hall–Kier alpha value is -1.82. The van der Waals surface area contributed by atoms with Gasteiger partial charge in [-0.05, 0) is 43.0 Å². The number of likely N-dealkylation sites (tertiary alicyclic amines) is 1. The number of hydrogen-bond acceptors (Lipinski definition) is 3. The quantitative estimate of drug-likeness (QED) is 0.923. The molecular weight excluding hydrogens is 324 g/mol. The number of sulfone groups is 1. The molecule has 1 aromatic heterocycles. The van der Waals surface area contributed by atoms with Crippen LogP contribution >= 0.6 is 0 Å². The Bertz CT molecular complexity index is 831. The number of hydrogen-bond donors (Lipinski definition) is 1. The molecule has 2 aromatic rings. The van der Waals surface area contributed by atoms with Crippen LogP contribution in [0.5, 0.6) is 0 Å². The largest absolute Gasteiger partial charge is 0.361 e. The number of aromatic nitrogens is 1. The Morgan fingerprint density at radius 3 is 2.62 bits per heavy atom. The molecule has 1 saturated heterocycles. The zero-order chi connectivity index (χ0) is 17.3. The predicted molar refractivity (Wildman–Crippen MR) is 95.8 cm³/mol. The number of nitrogens with one attached hydrogen (secondary N) is 1. The number of rotatable bonds is 4. The smallest absolute Gasteiger partial charge is 0.253 e. The SMILES string of the molecule is CC(C)CS(=O)(=O)C1CCN(C(=O)c2ccc3[nH]ccc3c2)CC1. The normalized spacial score (nSPS) is 16.9. The standard InChI is InChI=1S/C18H24N2O3S/c1-13(2)12-24(22,23)16-6-9-20(10-7-16)18(21)15-3-4-17-14(11-15)5-8-19-17/h3-5,8,11,13,16,19H,6-7,9-10,12H2,1-2H3. The first kappa shape index (κ1) is 17.0. The summed E-state index contributed by atoms with van der Waals surface area (Å²) in [5, 5.41) is 0.700. The predicted octanol–water partition coefficient (Wildman–Crippen LogP) is 2.84. The van der Waals surface area contributed by atoms with Crippen molar-refractivity contribution in [2.75, 3.05) is 18.8 Å². The van der Waals surface area contributed by atoms with Gasteiger partial charge in [-0.2, -0.15) is 0 Å². The number of amides is 1. The van der Waals surface area contributed by atoms with Gasteiger partial charge in [0, 0.05) is 35.8 Å². The summed E-state index contributed by atoms with van der Waals surface area (Å²) in [4.78, 5) is 17.6. The summed E-state index contributed by atoms with van der Waals surface area (Å²) < 4.78 is 24.7. The van der Waals surface area contributed by atoms with E-state index < -0.39 is 9.84 Å². The van der Waals surface area contributed by atoms with E-state index in [1.165, 1.54) is 0 Å². The highest BCUT2D eigenvalue weighted by atomic mass is 32.2. The summed E-state index contributed by atoms with van der Waals surface area (Å²) in [5.41, 5.74) is 1.66. The van der Waals surface area contributed by atoms with Crippen LogP contribution in [0.2, 0.25) is 0 Å². The van der Waals surface area contributed by atoms with E-state index in [0.717, 1.165) is 10.9 Å². The Morgan fingerprint density at radius 1 is 1.25 bits per heavy atom. The third kappa shape index (κ3) is 3.48. The summed E-state index contributed by atoms with van der Waals surface area (Å²) in [6.07, 6.45) is 2.92. The molecule has 130 valence electrons. The van der Waals surface area contributed by atoms with Gasteiger partial charge in [0.25, 0.3) is 5.91 Å². The third-order valence-corrected chi connectivity index (χ3v) is 7.22. The van der Waals surface area contributed by atoms with Gasteiger partial charge in [0.15, 0.2) is 9.84 Å². The zero-order valence-electron chi connectivity index (χ0n) is 14.2. The summed E-state index contributed by atoms with van der Waals surface area (Å²) in [6.45, 7) is 4.86. The summed E-state index contributed by atoms with van der Waals surface area (Å²) in [7, 11) is -3.06. The fraction of sp³-hybridized carbons (Fsp3) is 0.500. The molecule has 1 aromatic carbocycles. The maximum Gasteiger partial charge on any atom is 0.253 e. The van der Waals surface area contributed by atoms with Gasteiger partial charge in [0.1, 0.15) is 0 Å². The van der Waals surface area contributed by atoms with Crippen LogP contribution < -0.4 is 0 Å². The molecule has 1 amide bonds. The van der Waals surface area contributed by atoms with Crippen molar-refractivity contribution in [3.05, 3.63) is 36.0 Å². The van der Waals surface area contributed by atoms with Crippen LogP contribution in [0.15, 0.2) is 30.5 Å². The number of benzene rings is 1. The third-order valence-electron chi connectivity index (χ3n) is 4.60. The summed E-state index contributed by atoms with van der Waals surface area (Å²) in [6, 6.07) is 7.55. The van der Waals surface area contributed by atoms with E-state index in [1.54, 1.807) is 4.90 Å². The first-order chi connectivity index (χ1) is 11.4. The van der Waals surface area contributed by atoms with Gasteiger partial charge >= 0.3 is 0 Å². The van der Waals surface area contributed by atoms with E-state index in [1.807, 2.05) is 44.3 Å². The van der Waals surface area contributed by atoms with Crippen LogP contribution in [-0.2, 0) is 9.84 Å². The second-order valence-electron chi connectivity index (χ2n) is 6.99. The molecule has 1 aliphatic heterocycles. The minimum absolute atomic E-state index is 0.0159. The van der Waals surface area contributed by atoms with Gasteiger partial charge in [-0.15, -0.1) is 0 Å². The summed E-state index contributed by atoms with van der Waals surface area (Å²) in [5.74, 6) is 0.357. The van der Waals surface area contributed by atoms with E-state index in [2.05, 4.69) is 4.98 Å². The van der Waals surface area contributed by atoms with Gasteiger partial charge in [-0.1, -0.05) is 13.8 Å². The molecule has 6 heteroatoms. The molecular formula is C18H24N2O3S. The van der Waals surface area contributed by atoms with Crippen molar-refractivity contribution in [1.29, 1.82) is 0 Å². The second kappa shape index (κ2) is 6.59. The van der Waals surface area contributed by atoms with Gasteiger partial charge in [0.2, 0.25) is 0 Å². The molecule has 0 radical (unpaired) electrons. The van der Waals surface area contributed by atoms with Crippen molar-refractivity contribution in [1.82, 2.24) is 9.88 Å². The van der Waals surface area contributed by atoms with Crippen molar-refractivity contribution in [3.8, 4) is 0 Å². The van der Waals surface area contributed by atoms with Crippen LogP contribution in [0.4, 0.5) is 0 Å². The number of fused-ring (bicyclic) bond motifs is 1. The first-order valence-electron chi connectivity index (χ1n) is 8.45. The molecule has 5 nitrogen and oxygen atoms in total. The van der Waals surface area contributed by atoms with Gasteiger partial charge < -0.3 is 9.88 Å². The molecule has 0 atom stereocenters. The van der Waals surface area contributed by atoms with Crippen molar-refractivity contribution in [2.45, 2.75) is 31.9 Å². The first-order valence-corrected chi connectivity index (χ1v) is 10.2. The van der Waals surface area contributed by atoms with Crippen molar-refractivity contribution in [2.24, 2.45) is 5.92 Å². The van der Waals surface area contributed by atoms with Crippen LogP contribution in [0, 0.1) is 5.92 Å². The molecule has 24 heavy (non-hydrogen) atoms. The Kier molecular flexibility index (Phi) is 4.67. The molecule has 3 rings (SSSR count). The topological polar surface area (TPSA) is 70.2 Å². The lowest BCUT2D eigenvalue weighted by atomic mass is 10.1. The molecule has 2 heterocycles. The molecule has 0 bridgehead atoms. The number of carbonyl (C=O) groups excluding carboxylic acids is 1. The van der Waals surface area contributed by atoms with Gasteiger partial charge in [0.05, 0.1) is 11.0 Å².